The van der Waals surface area contributed by atoms with Crippen molar-refractivity contribution in [1.29, 1.82) is 0 Å². The van der Waals surface area contributed by atoms with E-state index in [0.717, 1.165) is 37.2 Å². The van der Waals surface area contributed by atoms with E-state index in [-0.39, 0.29) is 12.5 Å². The van der Waals surface area contributed by atoms with Gasteiger partial charge in [0, 0.05) is 29.9 Å². The molecule has 8 nitrogen and oxygen atoms in total. The summed E-state index contributed by atoms with van der Waals surface area (Å²) in [6.07, 6.45) is 3.71. The third-order valence-corrected chi connectivity index (χ3v) is 4.82. The Morgan fingerprint density at radius 1 is 1.26 bits per heavy atom. The van der Waals surface area contributed by atoms with Crippen LogP contribution in [0.15, 0.2) is 47.1 Å². The molecule has 1 aliphatic rings. The van der Waals surface area contributed by atoms with Gasteiger partial charge in [-0.15, -0.1) is 0 Å². The van der Waals surface area contributed by atoms with Crippen LogP contribution in [-0.2, 0) is 17.9 Å². The van der Waals surface area contributed by atoms with Crippen LogP contribution in [0.3, 0.4) is 0 Å². The summed E-state index contributed by atoms with van der Waals surface area (Å²) in [5.41, 5.74) is 1.90. The van der Waals surface area contributed by atoms with Crippen molar-refractivity contribution in [3.8, 4) is 11.4 Å². The lowest BCUT2D eigenvalue weighted by Crippen LogP contribution is -2.35. The molecule has 0 bridgehead atoms. The Balaban J connectivity index is 1.43. The number of carbonyl (C=O) groups is 1. The van der Waals surface area contributed by atoms with Gasteiger partial charge in [0.1, 0.15) is 6.54 Å². The fraction of sp³-hybridized carbons (Fsp3) is 0.368. The van der Waals surface area contributed by atoms with Crippen LogP contribution in [0, 0.1) is 0 Å². The first kappa shape index (κ1) is 17.4. The van der Waals surface area contributed by atoms with Crippen LogP contribution in [0.4, 0.5) is 0 Å². The van der Waals surface area contributed by atoms with E-state index < -0.39 is 5.97 Å². The average Bonchev–Trinajstić information content (AvgIpc) is 3.32. The van der Waals surface area contributed by atoms with Crippen LogP contribution in [0.1, 0.15) is 30.3 Å². The summed E-state index contributed by atoms with van der Waals surface area (Å²) in [7, 11) is 0. The third-order valence-electron chi connectivity index (χ3n) is 4.82. The molecule has 0 unspecified atom stereocenters. The highest BCUT2D eigenvalue weighted by molar-refractivity contribution is 5.66. The molecule has 0 spiro atoms. The topological polar surface area (TPSA) is 97.3 Å². The number of nitrogens with zero attached hydrogens (tertiary/aromatic N) is 5. The quantitative estimate of drug-likeness (QED) is 0.714. The van der Waals surface area contributed by atoms with Crippen LogP contribution in [0.2, 0.25) is 0 Å². The summed E-state index contributed by atoms with van der Waals surface area (Å²) in [4.78, 5) is 17.8. The van der Waals surface area contributed by atoms with Crippen molar-refractivity contribution < 1.29 is 14.4 Å². The van der Waals surface area contributed by atoms with Gasteiger partial charge in [0.25, 0.3) is 0 Å². The molecule has 0 radical (unpaired) electrons. The molecule has 8 heteroatoms. The molecule has 1 aromatic carbocycles. The Hall–Kier alpha value is -3.00. The summed E-state index contributed by atoms with van der Waals surface area (Å²) >= 11 is 0. The molecule has 4 rings (SSSR count). The van der Waals surface area contributed by atoms with E-state index >= 15 is 0 Å². The van der Waals surface area contributed by atoms with Gasteiger partial charge in [-0.2, -0.15) is 10.1 Å². The van der Waals surface area contributed by atoms with E-state index in [1.807, 2.05) is 36.4 Å². The van der Waals surface area contributed by atoms with Gasteiger partial charge in [0.2, 0.25) is 11.7 Å². The van der Waals surface area contributed by atoms with Crippen LogP contribution in [0.5, 0.6) is 0 Å². The van der Waals surface area contributed by atoms with E-state index in [9.17, 15) is 4.79 Å². The number of benzene rings is 1. The number of hydrogen-bond acceptors (Lipinski definition) is 6. The normalized spacial score (nSPS) is 17.9. The number of carboxylic acid groups (broad SMARTS) is 1. The van der Waals surface area contributed by atoms with Gasteiger partial charge in [-0.25, -0.2) is 0 Å². The van der Waals surface area contributed by atoms with E-state index in [1.165, 1.54) is 0 Å². The molecule has 140 valence electrons. The minimum Gasteiger partial charge on any atom is -0.480 e. The maximum atomic E-state index is 11.0. The van der Waals surface area contributed by atoms with Crippen molar-refractivity contribution >= 4 is 5.97 Å². The molecule has 1 atom stereocenters. The summed E-state index contributed by atoms with van der Waals surface area (Å²) in [5, 5.41) is 17.3. The largest absolute Gasteiger partial charge is 0.480 e. The highest BCUT2D eigenvalue weighted by atomic mass is 16.5. The standard InChI is InChI=1S/C19H21N5O3/c25-18(26)13-24-16(8-9-20-24)15-7-4-10-23(11-15)12-17-21-19(22-27-17)14-5-2-1-3-6-14/h1-3,5-6,8-9,15H,4,7,10-13H2,(H,25,26)/t15-/m0/s1. The second-order valence-electron chi connectivity index (χ2n) is 6.76. The highest BCUT2D eigenvalue weighted by Crippen LogP contribution is 2.27. The fourth-order valence-corrected chi connectivity index (χ4v) is 3.61. The molecule has 0 amide bonds. The Labute approximate surface area is 156 Å². The van der Waals surface area contributed by atoms with Crippen molar-refractivity contribution in [1.82, 2.24) is 24.8 Å². The first-order valence-corrected chi connectivity index (χ1v) is 9.03. The number of aromatic nitrogens is 4. The third kappa shape index (κ3) is 4.06. The molecule has 27 heavy (non-hydrogen) atoms. The maximum absolute atomic E-state index is 11.0. The van der Waals surface area contributed by atoms with Gasteiger partial charge >= 0.3 is 5.97 Å². The predicted molar refractivity (Wildman–Crippen MR) is 96.8 cm³/mol. The first-order chi connectivity index (χ1) is 13.2. The second-order valence-corrected chi connectivity index (χ2v) is 6.76. The summed E-state index contributed by atoms with van der Waals surface area (Å²) in [5.74, 6) is 0.552. The van der Waals surface area contributed by atoms with Crippen LogP contribution >= 0.6 is 0 Å². The van der Waals surface area contributed by atoms with E-state index in [1.54, 1.807) is 10.9 Å². The minimum absolute atomic E-state index is 0.108. The second kappa shape index (κ2) is 7.71. The van der Waals surface area contributed by atoms with Gasteiger partial charge in [0.05, 0.1) is 6.54 Å². The number of likely N-dealkylation sites (tertiary alicyclic amines) is 1. The SMILES string of the molecule is O=C(O)Cn1nccc1[C@H]1CCCN(Cc2nc(-c3ccccc3)no2)C1. The summed E-state index contributed by atoms with van der Waals surface area (Å²) in [6, 6.07) is 11.7. The van der Waals surface area contributed by atoms with Crippen molar-refractivity contribution in [3.05, 3.63) is 54.2 Å². The number of carboxylic acids is 1. The van der Waals surface area contributed by atoms with E-state index in [0.29, 0.717) is 18.3 Å². The minimum atomic E-state index is -0.882. The number of piperidine rings is 1. The van der Waals surface area contributed by atoms with Gasteiger partial charge in [-0.05, 0) is 25.5 Å². The van der Waals surface area contributed by atoms with E-state index in [2.05, 4.69) is 20.1 Å². The zero-order valence-electron chi connectivity index (χ0n) is 14.9. The lowest BCUT2D eigenvalue weighted by Gasteiger charge is -2.31. The Kier molecular flexibility index (Phi) is 4.97. The zero-order valence-corrected chi connectivity index (χ0v) is 14.9. The molecule has 1 saturated heterocycles. The number of aliphatic carboxylic acids is 1. The molecular weight excluding hydrogens is 346 g/mol. The molecular formula is C19H21N5O3. The lowest BCUT2D eigenvalue weighted by molar-refractivity contribution is -0.137. The Morgan fingerprint density at radius 3 is 2.93 bits per heavy atom. The van der Waals surface area contributed by atoms with Gasteiger partial charge in [0.15, 0.2) is 0 Å². The molecule has 1 fully saturated rings. The fourth-order valence-electron chi connectivity index (χ4n) is 3.61. The summed E-state index contributed by atoms with van der Waals surface area (Å²) in [6.45, 7) is 2.24. The van der Waals surface area contributed by atoms with Crippen LogP contribution < -0.4 is 0 Å². The molecule has 1 N–H and O–H groups in total. The van der Waals surface area contributed by atoms with Gasteiger partial charge in [-0.1, -0.05) is 35.5 Å². The average molecular weight is 367 g/mol. The Bertz CT molecular complexity index is 905. The number of hydrogen-bond donors (Lipinski definition) is 1. The zero-order chi connectivity index (χ0) is 18.6. The van der Waals surface area contributed by atoms with Gasteiger partial charge in [-0.3, -0.25) is 14.4 Å². The van der Waals surface area contributed by atoms with Crippen LogP contribution in [0.25, 0.3) is 11.4 Å². The van der Waals surface area contributed by atoms with Crippen molar-refractivity contribution in [3.63, 3.8) is 0 Å². The monoisotopic (exact) mass is 367 g/mol. The van der Waals surface area contributed by atoms with Crippen LogP contribution in [-0.4, -0.2) is 49.0 Å². The molecule has 0 aliphatic carbocycles. The van der Waals surface area contributed by atoms with Gasteiger partial charge < -0.3 is 9.63 Å². The first-order valence-electron chi connectivity index (χ1n) is 9.03. The van der Waals surface area contributed by atoms with Crippen molar-refractivity contribution in [2.45, 2.75) is 31.8 Å². The molecule has 0 saturated carbocycles. The van der Waals surface area contributed by atoms with E-state index in [4.69, 9.17) is 9.63 Å². The molecule has 1 aliphatic heterocycles. The molecule has 3 heterocycles. The predicted octanol–water partition coefficient (Wildman–Crippen LogP) is 2.40. The van der Waals surface area contributed by atoms with Crippen molar-refractivity contribution in [2.24, 2.45) is 0 Å². The highest BCUT2D eigenvalue weighted by Gasteiger charge is 2.25. The van der Waals surface area contributed by atoms with Crippen molar-refractivity contribution in [2.75, 3.05) is 13.1 Å². The number of rotatable bonds is 6. The maximum Gasteiger partial charge on any atom is 0.325 e. The summed E-state index contributed by atoms with van der Waals surface area (Å²) < 4.78 is 7.01. The Morgan fingerprint density at radius 2 is 2.11 bits per heavy atom. The smallest absolute Gasteiger partial charge is 0.325 e. The lowest BCUT2D eigenvalue weighted by atomic mass is 9.94. The molecule has 3 aromatic rings. The molecule has 2 aromatic heterocycles.